The van der Waals surface area contributed by atoms with Gasteiger partial charge in [0.25, 0.3) is 0 Å². The van der Waals surface area contributed by atoms with Gasteiger partial charge in [-0.05, 0) is 37.6 Å². The van der Waals surface area contributed by atoms with Gasteiger partial charge in [-0.1, -0.05) is 48.0 Å². The molecule has 0 aliphatic carbocycles. The first-order valence-electron chi connectivity index (χ1n) is 8.07. The van der Waals surface area contributed by atoms with Gasteiger partial charge in [-0.15, -0.1) is 10.3 Å². The Labute approximate surface area is 165 Å². The summed E-state index contributed by atoms with van der Waals surface area (Å²) in [5.74, 6) is 0. The van der Waals surface area contributed by atoms with Crippen LogP contribution in [0, 0.1) is 0 Å². The van der Waals surface area contributed by atoms with Gasteiger partial charge in [0.15, 0.2) is 0 Å². The van der Waals surface area contributed by atoms with Crippen LogP contribution >= 0.6 is 0 Å². The Balaban J connectivity index is 0.000000828. The normalized spacial score (nSPS) is 13.0. The summed E-state index contributed by atoms with van der Waals surface area (Å²) in [6.07, 6.45) is -3.04. The molecule has 1 aromatic rings. The number of hydrazone groups is 1. The zero-order chi connectivity index (χ0) is 22.8. The van der Waals surface area contributed by atoms with E-state index in [0.717, 1.165) is 32.2 Å². The highest BCUT2D eigenvalue weighted by atomic mass is 19.4. The molecule has 0 spiro atoms. The molecule has 0 heterocycles. The Kier molecular flexibility index (Phi) is 10.1. The number of benzene rings is 1. The smallest absolute Gasteiger partial charge is 0.167 e. The Hall–Kier alpha value is -2.84. The maximum atomic E-state index is 12.9. The first kappa shape index (κ1) is 26.2. The summed E-state index contributed by atoms with van der Waals surface area (Å²) in [7, 11) is 1.07. The van der Waals surface area contributed by atoms with Crippen molar-refractivity contribution < 1.29 is 30.8 Å². The molecule has 29 heavy (non-hydrogen) atoms. The van der Waals surface area contributed by atoms with Crippen LogP contribution in [0.4, 0.5) is 30.8 Å². The molecule has 160 valence electrons. The van der Waals surface area contributed by atoms with E-state index in [9.17, 15) is 30.8 Å². The lowest BCUT2D eigenvalue weighted by Crippen LogP contribution is -2.07. The van der Waals surface area contributed by atoms with Gasteiger partial charge in [-0.2, -0.15) is 26.3 Å². The van der Waals surface area contributed by atoms with Gasteiger partial charge in [-0.25, -0.2) is 0 Å². The maximum absolute atomic E-state index is 12.9. The fraction of sp³-hybridized carbons (Fsp3) is 0.250. The third-order valence-electron chi connectivity index (χ3n) is 3.35. The monoisotopic (exact) mass is 422 g/mol. The molecule has 0 atom stereocenters. The second-order valence-electron chi connectivity index (χ2n) is 5.59. The lowest BCUT2D eigenvalue weighted by Gasteiger charge is -2.08. The molecular formula is C20H21F7N2. The Morgan fingerprint density at radius 1 is 1.03 bits per heavy atom. The first-order chi connectivity index (χ1) is 13.2. The minimum atomic E-state index is -4.42. The summed E-state index contributed by atoms with van der Waals surface area (Å²) in [6.45, 7) is 9.56. The number of hydrogen-bond acceptors (Lipinski definition) is 2. The molecule has 0 saturated carbocycles. The van der Waals surface area contributed by atoms with Gasteiger partial charge in [-0.3, -0.25) is 0 Å². The number of allylic oxidation sites excluding steroid dienone is 6. The molecule has 0 radical (unpaired) electrons. The molecule has 1 rings (SSSR count). The summed E-state index contributed by atoms with van der Waals surface area (Å²) < 4.78 is 84.5. The molecule has 2 nitrogen and oxygen atoms in total. The second-order valence-corrected chi connectivity index (χ2v) is 5.59. The van der Waals surface area contributed by atoms with E-state index in [1.807, 2.05) is 0 Å². The van der Waals surface area contributed by atoms with E-state index in [1.54, 1.807) is 0 Å². The van der Waals surface area contributed by atoms with Crippen molar-refractivity contribution in [3.05, 3.63) is 84.0 Å². The number of alkyl halides is 6. The quantitative estimate of drug-likeness (QED) is 0.124. The standard InChI is InChI=1S/C15H14F4N2.C5H7F3/c1-4-11(2)5-10-14(20-21(3)19)12-6-8-13(9-7-12)15(16,17)18;1-3-4(2)5(6,7)8/h4-10H,1-2H2,3H3;3H,1-2H3/b10-5+,20-14-;4-3+. The first-order valence-corrected chi connectivity index (χ1v) is 8.07. The van der Waals surface area contributed by atoms with Gasteiger partial charge >= 0.3 is 12.4 Å². The molecule has 0 saturated heterocycles. The molecule has 0 unspecified atom stereocenters. The highest BCUT2D eigenvalue weighted by Crippen LogP contribution is 2.29. The summed E-state index contributed by atoms with van der Waals surface area (Å²) in [5.41, 5.74) is -0.246. The molecule has 0 aliphatic heterocycles. The zero-order valence-corrected chi connectivity index (χ0v) is 16.1. The molecule has 0 aromatic heterocycles. The summed E-state index contributed by atoms with van der Waals surface area (Å²) >= 11 is 0. The van der Waals surface area contributed by atoms with Crippen LogP contribution in [0.1, 0.15) is 25.0 Å². The number of hydrogen-bond donors (Lipinski definition) is 0. The van der Waals surface area contributed by atoms with Crippen molar-refractivity contribution in [2.24, 2.45) is 5.10 Å². The van der Waals surface area contributed by atoms with Crippen molar-refractivity contribution in [1.82, 2.24) is 5.23 Å². The van der Waals surface area contributed by atoms with Crippen LogP contribution in [-0.2, 0) is 6.18 Å². The van der Waals surface area contributed by atoms with Crippen molar-refractivity contribution in [3.8, 4) is 0 Å². The van der Waals surface area contributed by atoms with Crippen LogP contribution in [0.25, 0.3) is 0 Å². The number of rotatable bonds is 5. The van der Waals surface area contributed by atoms with Crippen molar-refractivity contribution in [3.63, 3.8) is 0 Å². The van der Waals surface area contributed by atoms with Gasteiger partial charge < -0.3 is 0 Å². The number of halogens is 7. The van der Waals surface area contributed by atoms with Gasteiger partial charge in [0.2, 0.25) is 0 Å². The molecule has 0 fully saturated rings. The van der Waals surface area contributed by atoms with Crippen LogP contribution in [0.15, 0.2) is 78.0 Å². The molecule has 1 aromatic carbocycles. The van der Waals surface area contributed by atoms with E-state index >= 15 is 0 Å². The fourth-order valence-electron chi connectivity index (χ4n) is 1.58. The lowest BCUT2D eigenvalue weighted by molar-refractivity contribution is -0.137. The minimum absolute atomic E-state index is 0.0774. The molecule has 0 bridgehead atoms. The van der Waals surface area contributed by atoms with Crippen LogP contribution in [0.5, 0.6) is 0 Å². The van der Waals surface area contributed by atoms with Crippen molar-refractivity contribution in [1.29, 1.82) is 0 Å². The zero-order valence-electron chi connectivity index (χ0n) is 16.1. The average molecular weight is 422 g/mol. The minimum Gasteiger partial charge on any atom is -0.167 e. The van der Waals surface area contributed by atoms with Crippen molar-refractivity contribution in [2.45, 2.75) is 26.2 Å². The predicted octanol–water partition coefficient (Wildman–Crippen LogP) is 7.04. The largest absolute Gasteiger partial charge is 0.416 e. The van der Waals surface area contributed by atoms with Crippen LogP contribution in [0.2, 0.25) is 0 Å². The summed E-state index contributed by atoms with van der Waals surface area (Å²) in [4.78, 5) is 0. The van der Waals surface area contributed by atoms with E-state index in [4.69, 9.17) is 0 Å². The van der Waals surface area contributed by atoms with Gasteiger partial charge in [0, 0.05) is 11.1 Å². The van der Waals surface area contributed by atoms with E-state index < -0.39 is 23.5 Å². The Morgan fingerprint density at radius 3 is 1.86 bits per heavy atom. The third-order valence-corrected chi connectivity index (χ3v) is 3.35. The molecular weight excluding hydrogens is 401 g/mol. The lowest BCUT2D eigenvalue weighted by atomic mass is 10.1. The summed E-state index contributed by atoms with van der Waals surface area (Å²) in [5, 5.41) is 3.66. The molecule has 9 heteroatoms. The predicted molar refractivity (Wildman–Crippen MR) is 101 cm³/mol. The Bertz CT molecular complexity index is 766. The van der Waals surface area contributed by atoms with E-state index in [0.29, 0.717) is 11.1 Å². The fourth-order valence-corrected chi connectivity index (χ4v) is 1.58. The van der Waals surface area contributed by atoms with E-state index in [2.05, 4.69) is 18.3 Å². The van der Waals surface area contributed by atoms with E-state index in [-0.39, 0.29) is 10.9 Å². The average Bonchev–Trinajstić information content (AvgIpc) is 2.63. The van der Waals surface area contributed by atoms with Crippen LogP contribution < -0.4 is 0 Å². The van der Waals surface area contributed by atoms with Gasteiger partial charge in [0.1, 0.15) is 0 Å². The van der Waals surface area contributed by atoms with Gasteiger partial charge in [0.05, 0.1) is 18.3 Å². The van der Waals surface area contributed by atoms with Crippen molar-refractivity contribution in [2.75, 3.05) is 7.05 Å². The van der Waals surface area contributed by atoms with Crippen LogP contribution in [-0.4, -0.2) is 24.2 Å². The molecule has 0 amide bonds. The highest BCUT2D eigenvalue weighted by molar-refractivity contribution is 6.08. The Morgan fingerprint density at radius 2 is 1.55 bits per heavy atom. The molecule has 0 aliphatic rings. The topological polar surface area (TPSA) is 15.6 Å². The number of nitrogens with zero attached hydrogens (tertiary/aromatic N) is 2. The SMILES string of the molecule is C/C=C(\C)C(F)(F)F.C=CC(=C)/C=C/C(=N/N(C)F)c1ccc(C(F)(F)F)cc1. The van der Waals surface area contributed by atoms with Crippen LogP contribution in [0.3, 0.4) is 0 Å². The highest BCUT2D eigenvalue weighted by Gasteiger charge is 2.30. The molecule has 0 N–H and O–H groups in total. The maximum Gasteiger partial charge on any atom is 0.416 e. The van der Waals surface area contributed by atoms with E-state index in [1.165, 1.54) is 37.3 Å². The van der Waals surface area contributed by atoms with Crippen molar-refractivity contribution >= 4 is 5.71 Å². The summed E-state index contributed by atoms with van der Waals surface area (Å²) in [6, 6.07) is 4.29. The second kappa shape index (κ2) is 11.2. The third kappa shape index (κ3) is 10.3.